The van der Waals surface area contributed by atoms with Gasteiger partial charge in [-0.3, -0.25) is 0 Å². The highest BCUT2D eigenvalue weighted by Gasteiger charge is 2.06. The molecule has 0 aromatic heterocycles. The number of benzene rings is 1. The molecule has 1 N–H and O–H groups in total. The summed E-state index contributed by atoms with van der Waals surface area (Å²) in [6, 6.07) is 5.91. The first-order valence-corrected chi connectivity index (χ1v) is 5.25. The van der Waals surface area contributed by atoms with Gasteiger partial charge in [-0.15, -0.1) is 0 Å². The largest absolute Gasteiger partial charge is 0.493 e. The quantitative estimate of drug-likeness (QED) is 0.785. The highest BCUT2D eigenvalue weighted by atomic mass is 19.1. The number of halogens is 1. The van der Waals surface area contributed by atoms with Crippen LogP contribution in [0.4, 0.5) is 4.39 Å². The fourth-order valence-corrected chi connectivity index (χ4v) is 1.38. The van der Waals surface area contributed by atoms with Crippen LogP contribution in [0.15, 0.2) is 24.3 Å². The van der Waals surface area contributed by atoms with E-state index in [4.69, 9.17) is 9.84 Å². The van der Waals surface area contributed by atoms with E-state index in [1.54, 1.807) is 12.1 Å². The molecule has 0 amide bonds. The van der Waals surface area contributed by atoms with Crippen LogP contribution in [0.1, 0.15) is 19.8 Å². The molecule has 15 heavy (non-hydrogen) atoms. The van der Waals surface area contributed by atoms with E-state index >= 15 is 0 Å². The molecule has 0 aliphatic carbocycles. The third kappa shape index (κ3) is 4.30. The molecule has 0 spiro atoms. The maximum absolute atomic E-state index is 12.6. The van der Waals surface area contributed by atoms with Gasteiger partial charge in [0.05, 0.1) is 6.61 Å². The number of hydrogen-bond acceptors (Lipinski definition) is 2. The topological polar surface area (TPSA) is 29.5 Å². The van der Waals surface area contributed by atoms with Crippen LogP contribution in [0.3, 0.4) is 0 Å². The van der Waals surface area contributed by atoms with Crippen LogP contribution >= 0.6 is 0 Å². The van der Waals surface area contributed by atoms with Gasteiger partial charge in [-0.25, -0.2) is 4.39 Å². The fourth-order valence-electron chi connectivity index (χ4n) is 1.38. The number of rotatable bonds is 6. The van der Waals surface area contributed by atoms with Crippen LogP contribution in [0.2, 0.25) is 0 Å². The van der Waals surface area contributed by atoms with Crippen LogP contribution in [0, 0.1) is 11.7 Å². The highest BCUT2D eigenvalue weighted by molar-refractivity contribution is 5.21. The number of aliphatic hydroxyl groups excluding tert-OH is 1. The van der Waals surface area contributed by atoms with Gasteiger partial charge in [0.25, 0.3) is 0 Å². The summed E-state index contributed by atoms with van der Waals surface area (Å²) in [6.45, 7) is 2.69. The Morgan fingerprint density at radius 1 is 1.33 bits per heavy atom. The Morgan fingerprint density at radius 3 is 2.53 bits per heavy atom. The molecule has 0 fully saturated rings. The molecule has 0 radical (unpaired) electrons. The molecule has 1 unspecified atom stereocenters. The lowest BCUT2D eigenvalue weighted by Gasteiger charge is -2.14. The number of hydrogen-bond donors (Lipinski definition) is 1. The molecule has 1 atom stereocenters. The summed E-state index contributed by atoms with van der Waals surface area (Å²) in [4.78, 5) is 0. The Kier molecular flexibility index (Phi) is 5.12. The van der Waals surface area contributed by atoms with Gasteiger partial charge in [0.2, 0.25) is 0 Å². The zero-order valence-electron chi connectivity index (χ0n) is 8.95. The molecule has 0 saturated heterocycles. The van der Waals surface area contributed by atoms with E-state index in [2.05, 4.69) is 6.92 Å². The van der Waals surface area contributed by atoms with Crippen LogP contribution in [-0.2, 0) is 0 Å². The van der Waals surface area contributed by atoms with Crippen LogP contribution < -0.4 is 4.74 Å². The first-order chi connectivity index (χ1) is 7.26. The van der Waals surface area contributed by atoms with E-state index in [1.165, 1.54) is 12.1 Å². The maximum atomic E-state index is 12.6. The van der Waals surface area contributed by atoms with Crippen molar-refractivity contribution in [1.29, 1.82) is 0 Å². The lowest BCUT2D eigenvalue weighted by molar-refractivity contribution is 0.155. The zero-order chi connectivity index (χ0) is 11.1. The maximum Gasteiger partial charge on any atom is 0.123 e. The van der Waals surface area contributed by atoms with Crippen molar-refractivity contribution in [3.8, 4) is 5.75 Å². The van der Waals surface area contributed by atoms with Gasteiger partial charge < -0.3 is 9.84 Å². The third-order valence-corrected chi connectivity index (χ3v) is 2.25. The van der Waals surface area contributed by atoms with Crippen molar-refractivity contribution in [2.24, 2.45) is 5.92 Å². The minimum atomic E-state index is -0.269. The van der Waals surface area contributed by atoms with Crippen molar-refractivity contribution in [2.45, 2.75) is 19.8 Å². The Morgan fingerprint density at radius 2 is 2.00 bits per heavy atom. The van der Waals surface area contributed by atoms with E-state index in [1.807, 2.05) is 0 Å². The van der Waals surface area contributed by atoms with Crippen molar-refractivity contribution in [1.82, 2.24) is 0 Å². The summed E-state index contributed by atoms with van der Waals surface area (Å²) in [5.41, 5.74) is 0. The molecule has 0 aliphatic heterocycles. The van der Waals surface area contributed by atoms with Gasteiger partial charge in [0.1, 0.15) is 11.6 Å². The zero-order valence-corrected chi connectivity index (χ0v) is 8.95. The summed E-state index contributed by atoms with van der Waals surface area (Å²) in [5, 5.41) is 9.04. The average Bonchev–Trinajstić information content (AvgIpc) is 2.26. The summed E-state index contributed by atoms with van der Waals surface area (Å²) in [7, 11) is 0. The molecule has 0 heterocycles. The highest BCUT2D eigenvalue weighted by Crippen LogP contribution is 2.13. The molecule has 2 nitrogen and oxygen atoms in total. The molecule has 84 valence electrons. The summed E-state index contributed by atoms with van der Waals surface area (Å²) < 4.78 is 18.0. The van der Waals surface area contributed by atoms with E-state index < -0.39 is 0 Å². The van der Waals surface area contributed by atoms with E-state index in [0.717, 1.165) is 12.8 Å². The predicted octanol–water partition coefficient (Wildman–Crippen LogP) is 2.61. The van der Waals surface area contributed by atoms with E-state index in [9.17, 15) is 4.39 Å². The normalized spacial score (nSPS) is 12.5. The molecule has 0 bridgehead atoms. The van der Waals surface area contributed by atoms with Crippen molar-refractivity contribution < 1.29 is 14.2 Å². The van der Waals surface area contributed by atoms with Gasteiger partial charge in [0, 0.05) is 12.5 Å². The van der Waals surface area contributed by atoms with Crippen molar-refractivity contribution in [3.63, 3.8) is 0 Å². The molecule has 1 rings (SSSR count). The molecule has 0 aliphatic rings. The molecule has 0 saturated carbocycles. The Labute approximate surface area is 89.7 Å². The average molecular weight is 212 g/mol. The molecule has 1 aromatic carbocycles. The molecular formula is C12H17FO2. The number of aliphatic hydroxyl groups is 1. The lowest BCUT2D eigenvalue weighted by Crippen LogP contribution is -2.15. The van der Waals surface area contributed by atoms with Crippen molar-refractivity contribution in [3.05, 3.63) is 30.1 Å². The first kappa shape index (κ1) is 12.0. The van der Waals surface area contributed by atoms with Crippen molar-refractivity contribution in [2.75, 3.05) is 13.2 Å². The van der Waals surface area contributed by atoms with Crippen LogP contribution in [0.5, 0.6) is 5.75 Å². The monoisotopic (exact) mass is 212 g/mol. The molecular weight excluding hydrogens is 195 g/mol. The van der Waals surface area contributed by atoms with Gasteiger partial charge >= 0.3 is 0 Å². The second-order valence-electron chi connectivity index (χ2n) is 3.60. The minimum absolute atomic E-state index is 0.134. The Bertz CT molecular complexity index is 271. The predicted molar refractivity (Wildman–Crippen MR) is 57.4 cm³/mol. The van der Waals surface area contributed by atoms with E-state index in [-0.39, 0.29) is 18.3 Å². The summed E-state index contributed by atoms with van der Waals surface area (Å²) in [6.07, 6.45) is 1.97. The second-order valence-corrected chi connectivity index (χ2v) is 3.60. The smallest absolute Gasteiger partial charge is 0.123 e. The van der Waals surface area contributed by atoms with E-state index in [0.29, 0.717) is 12.4 Å². The van der Waals surface area contributed by atoms with Gasteiger partial charge in [-0.1, -0.05) is 13.3 Å². The van der Waals surface area contributed by atoms with Crippen LogP contribution in [-0.4, -0.2) is 18.3 Å². The van der Waals surface area contributed by atoms with Gasteiger partial charge in [-0.2, -0.15) is 0 Å². The van der Waals surface area contributed by atoms with Crippen LogP contribution in [0.25, 0.3) is 0 Å². The third-order valence-electron chi connectivity index (χ3n) is 2.25. The van der Waals surface area contributed by atoms with Crippen molar-refractivity contribution >= 4 is 0 Å². The first-order valence-electron chi connectivity index (χ1n) is 5.25. The Hall–Kier alpha value is -1.09. The van der Waals surface area contributed by atoms with Gasteiger partial charge in [-0.05, 0) is 30.7 Å². The molecule has 1 aromatic rings. The lowest BCUT2D eigenvalue weighted by atomic mass is 10.1. The SMILES string of the molecule is CCCC(CO)COc1ccc(F)cc1. The Balaban J connectivity index is 2.38. The summed E-state index contributed by atoms with van der Waals surface area (Å²) >= 11 is 0. The van der Waals surface area contributed by atoms with Gasteiger partial charge in [0.15, 0.2) is 0 Å². The molecule has 3 heteroatoms. The number of ether oxygens (including phenoxy) is 1. The second kappa shape index (κ2) is 6.40. The summed E-state index contributed by atoms with van der Waals surface area (Å²) in [5.74, 6) is 0.542. The fraction of sp³-hybridized carbons (Fsp3) is 0.500. The standard InChI is InChI=1S/C12H17FO2/c1-2-3-10(8-14)9-15-12-6-4-11(13)5-7-12/h4-7,10,14H,2-3,8-9H2,1H3. The minimum Gasteiger partial charge on any atom is -0.493 e.